The van der Waals surface area contributed by atoms with Crippen molar-refractivity contribution < 1.29 is 4.79 Å². The highest BCUT2D eigenvalue weighted by Crippen LogP contribution is 2.26. The zero-order valence-electron chi connectivity index (χ0n) is 11.7. The number of hydrogen-bond acceptors (Lipinski definition) is 4. The molecule has 3 aromatic rings. The fraction of sp³-hybridized carbons (Fsp3) is 0.0625. The van der Waals surface area contributed by atoms with Crippen LogP contribution < -0.4 is 5.56 Å². The van der Waals surface area contributed by atoms with E-state index in [1.54, 1.807) is 12.1 Å². The fourth-order valence-electron chi connectivity index (χ4n) is 2.05. The molecule has 23 heavy (non-hydrogen) atoms. The summed E-state index contributed by atoms with van der Waals surface area (Å²) in [4.78, 5) is 24.9. The molecule has 0 saturated heterocycles. The van der Waals surface area contributed by atoms with E-state index in [1.807, 2.05) is 30.3 Å². The Kier molecular flexibility index (Phi) is 4.89. The summed E-state index contributed by atoms with van der Waals surface area (Å²) in [6.45, 7) is -0.0793. The summed E-state index contributed by atoms with van der Waals surface area (Å²) in [5.41, 5.74) is 1.20. The maximum Gasteiger partial charge on any atom is 0.267 e. The van der Waals surface area contributed by atoms with Crippen molar-refractivity contribution in [2.45, 2.75) is 6.54 Å². The maximum atomic E-state index is 12.3. The first kappa shape index (κ1) is 16.3. The second kappa shape index (κ2) is 6.90. The average molecular weight is 454 g/mol. The molecule has 0 spiro atoms. The van der Waals surface area contributed by atoms with Crippen LogP contribution in [0.5, 0.6) is 0 Å². The molecule has 0 atom stereocenters. The van der Waals surface area contributed by atoms with Gasteiger partial charge in [-0.25, -0.2) is 4.68 Å². The first-order chi connectivity index (χ1) is 11.0. The SMILES string of the molecule is O=C(Cn1nc(-c2ccccc2Br)ccc1=O)c1ccc(Br)s1. The van der Waals surface area contributed by atoms with Crippen LogP contribution in [0.2, 0.25) is 0 Å². The molecule has 0 saturated carbocycles. The molecular weight excluding hydrogens is 444 g/mol. The predicted octanol–water partition coefficient (Wildman–Crippen LogP) is 4.38. The Balaban J connectivity index is 1.94. The van der Waals surface area contributed by atoms with E-state index in [0.29, 0.717) is 10.6 Å². The lowest BCUT2D eigenvalue weighted by atomic mass is 10.1. The van der Waals surface area contributed by atoms with Crippen LogP contribution in [0, 0.1) is 0 Å². The molecule has 0 aliphatic rings. The van der Waals surface area contributed by atoms with Gasteiger partial charge in [0, 0.05) is 16.1 Å². The van der Waals surface area contributed by atoms with Gasteiger partial charge in [-0.3, -0.25) is 9.59 Å². The van der Waals surface area contributed by atoms with Crippen LogP contribution in [0.3, 0.4) is 0 Å². The van der Waals surface area contributed by atoms with Crippen LogP contribution in [-0.4, -0.2) is 15.6 Å². The smallest absolute Gasteiger partial charge is 0.267 e. The number of ketones is 1. The third-order valence-electron chi connectivity index (χ3n) is 3.16. The van der Waals surface area contributed by atoms with Crippen molar-refractivity contribution in [2.24, 2.45) is 0 Å². The highest BCUT2D eigenvalue weighted by molar-refractivity contribution is 9.11. The zero-order chi connectivity index (χ0) is 16.4. The largest absolute Gasteiger partial charge is 0.291 e. The molecule has 4 nitrogen and oxygen atoms in total. The lowest BCUT2D eigenvalue weighted by Crippen LogP contribution is -2.26. The number of nitrogens with zero attached hydrogens (tertiary/aromatic N) is 2. The summed E-state index contributed by atoms with van der Waals surface area (Å²) in [5.74, 6) is -0.139. The normalized spacial score (nSPS) is 10.7. The van der Waals surface area contributed by atoms with Gasteiger partial charge in [0.15, 0.2) is 5.78 Å². The predicted molar refractivity (Wildman–Crippen MR) is 98.0 cm³/mol. The van der Waals surface area contributed by atoms with Crippen molar-refractivity contribution in [2.75, 3.05) is 0 Å². The zero-order valence-corrected chi connectivity index (χ0v) is 15.7. The van der Waals surface area contributed by atoms with Gasteiger partial charge < -0.3 is 0 Å². The van der Waals surface area contributed by atoms with E-state index in [4.69, 9.17) is 0 Å². The molecular formula is C16H10Br2N2O2S. The Bertz CT molecular complexity index is 934. The number of carbonyl (C=O) groups excluding carboxylic acids is 1. The molecule has 1 aromatic carbocycles. The molecule has 0 amide bonds. The van der Waals surface area contributed by atoms with Gasteiger partial charge in [0.1, 0.15) is 6.54 Å². The first-order valence-electron chi connectivity index (χ1n) is 6.66. The van der Waals surface area contributed by atoms with Gasteiger partial charge in [-0.1, -0.05) is 34.1 Å². The van der Waals surface area contributed by atoms with E-state index in [9.17, 15) is 9.59 Å². The third-order valence-corrected chi connectivity index (χ3v) is 5.51. The van der Waals surface area contributed by atoms with Crippen LogP contribution in [0.25, 0.3) is 11.3 Å². The number of benzene rings is 1. The van der Waals surface area contributed by atoms with Crippen molar-refractivity contribution in [3.8, 4) is 11.3 Å². The monoisotopic (exact) mass is 452 g/mol. The number of rotatable bonds is 4. The van der Waals surface area contributed by atoms with Crippen molar-refractivity contribution in [1.82, 2.24) is 9.78 Å². The second-order valence-electron chi connectivity index (χ2n) is 4.72. The van der Waals surface area contributed by atoms with Gasteiger partial charge in [0.25, 0.3) is 5.56 Å². The summed E-state index contributed by atoms with van der Waals surface area (Å²) in [5, 5.41) is 4.32. The highest BCUT2D eigenvalue weighted by atomic mass is 79.9. The molecule has 0 bridgehead atoms. The number of halogens is 2. The lowest BCUT2D eigenvalue weighted by Gasteiger charge is -2.07. The molecule has 3 rings (SSSR count). The molecule has 0 aliphatic carbocycles. The van der Waals surface area contributed by atoms with E-state index >= 15 is 0 Å². The summed E-state index contributed by atoms with van der Waals surface area (Å²) in [6, 6.07) is 14.2. The van der Waals surface area contributed by atoms with E-state index in [1.165, 1.54) is 22.1 Å². The fourth-order valence-corrected chi connectivity index (χ4v) is 3.86. The molecule has 2 aromatic heterocycles. The lowest BCUT2D eigenvalue weighted by molar-refractivity contribution is 0.0970. The van der Waals surface area contributed by atoms with E-state index in [-0.39, 0.29) is 17.9 Å². The Hall–Kier alpha value is -1.57. The van der Waals surface area contributed by atoms with Gasteiger partial charge in [-0.2, -0.15) is 5.10 Å². The van der Waals surface area contributed by atoms with Crippen molar-refractivity contribution >= 4 is 49.0 Å². The minimum atomic E-state index is -0.301. The Morgan fingerprint density at radius 1 is 1.09 bits per heavy atom. The minimum absolute atomic E-state index is 0.0793. The van der Waals surface area contributed by atoms with Crippen LogP contribution in [0.15, 0.2) is 61.6 Å². The minimum Gasteiger partial charge on any atom is -0.291 e. The standard InChI is InChI=1S/C16H10Br2N2O2S/c17-11-4-2-1-3-10(11)12-5-8-16(22)20(19-12)9-13(21)14-6-7-15(18)23-14/h1-8H,9H2. The van der Waals surface area contributed by atoms with Crippen LogP contribution in [-0.2, 0) is 6.54 Å². The Labute approximate surface area is 153 Å². The summed E-state index contributed by atoms with van der Waals surface area (Å²) < 4.78 is 2.96. The molecule has 2 heterocycles. The number of thiophene rings is 1. The van der Waals surface area contributed by atoms with Gasteiger partial charge in [-0.15, -0.1) is 11.3 Å². The first-order valence-corrected chi connectivity index (χ1v) is 9.06. The Morgan fingerprint density at radius 3 is 2.57 bits per heavy atom. The molecule has 0 N–H and O–H groups in total. The number of aromatic nitrogens is 2. The molecule has 0 fully saturated rings. The van der Waals surface area contributed by atoms with Gasteiger partial charge >= 0.3 is 0 Å². The van der Waals surface area contributed by atoms with Crippen LogP contribution in [0.1, 0.15) is 9.67 Å². The molecule has 0 radical (unpaired) electrons. The van der Waals surface area contributed by atoms with E-state index in [0.717, 1.165) is 13.8 Å². The van der Waals surface area contributed by atoms with Gasteiger partial charge in [0.2, 0.25) is 0 Å². The number of Topliss-reactive ketones (excluding diaryl/α,β-unsaturated/α-hetero) is 1. The van der Waals surface area contributed by atoms with Crippen LogP contribution >= 0.6 is 43.2 Å². The molecule has 7 heteroatoms. The summed E-state index contributed by atoms with van der Waals surface area (Å²) >= 11 is 8.14. The van der Waals surface area contributed by atoms with Gasteiger partial charge in [-0.05, 0) is 40.2 Å². The molecule has 0 aliphatic heterocycles. The topological polar surface area (TPSA) is 52.0 Å². The highest BCUT2D eigenvalue weighted by Gasteiger charge is 2.13. The second-order valence-corrected chi connectivity index (χ2v) is 8.04. The maximum absolute atomic E-state index is 12.3. The van der Waals surface area contributed by atoms with Crippen LogP contribution in [0.4, 0.5) is 0 Å². The summed E-state index contributed by atoms with van der Waals surface area (Å²) in [6.07, 6.45) is 0. The van der Waals surface area contributed by atoms with Gasteiger partial charge in [0.05, 0.1) is 14.4 Å². The third kappa shape index (κ3) is 3.68. The van der Waals surface area contributed by atoms with Crippen molar-refractivity contribution in [3.63, 3.8) is 0 Å². The number of hydrogen-bond donors (Lipinski definition) is 0. The molecule has 116 valence electrons. The number of carbonyl (C=O) groups is 1. The van der Waals surface area contributed by atoms with E-state index in [2.05, 4.69) is 37.0 Å². The van der Waals surface area contributed by atoms with Crippen molar-refractivity contribution in [3.05, 3.63) is 72.0 Å². The summed E-state index contributed by atoms with van der Waals surface area (Å²) in [7, 11) is 0. The van der Waals surface area contributed by atoms with Crippen molar-refractivity contribution in [1.29, 1.82) is 0 Å². The van der Waals surface area contributed by atoms with E-state index < -0.39 is 0 Å². The average Bonchev–Trinajstić information content (AvgIpc) is 2.97. The molecule has 0 unspecified atom stereocenters. The quantitative estimate of drug-likeness (QED) is 0.551. The Morgan fingerprint density at radius 2 is 1.87 bits per heavy atom.